The lowest BCUT2D eigenvalue weighted by Gasteiger charge is -2.31. The van der Waals surface area contributed by atoms with Gasteiger partial charge in [-0.25, -0.2) is 0 Å². The second kappa shape index (κ2) is 9.94. The third kappa shape index (κ3) is 5.61. The first-order chi connectivity index (χ1) is 14.3. The van der Waals surface area contributed by atoms with Crippen LogP contribution in [-0.2, 0) is 17.6 Å². The predicted octanol–water partition coefficient (Wildman–Crippen LogP) is 2.49. The summed E-state index contributed by atoms with van der Waals surface area (Å²) in [4.78, 5) is 23.7. The zero-order valence-corrected chi connectivity index (χ0v) is 16.9. The lowest BCUT2D eigenvalue weighted by Crippen LogP contribution is -2.38. The van der Waals surface area contributed by atoms with E-state index >= 15 is 0 Å². The van der Waals surface area contributed by atoms with E-state index in [9.17, 15) is 4.79 Å². The third-order valence-corrected chi connectivity index (χ3v) is 6.00. The van der Waals surface area contributed by atoms with Crippen molar-refractivity contribution in [2.75, 3.05) is 32.8 Å². The third-order valence-electron chi connectivity index (χ3n) is 6.00. The summed E-state index contributed by atoms with van der Waals surface area (Å²) in [6, 6.07) is 8.51. The Morgan fingerprint density at radius 1 is 1.21 bits per heavy atom. The van der Waals surface area contributed by atoms with E-state index in [1.54, 1.807) is 12.4 Å². The summed E-state index contributed by atoms with van der Waals surface area (Å²) < 4.78 is 5.49. The summed E-state index contributed by atoms with van der Waals surface area (Å²) in [5, 5.41) is 2.98. The molecule has 2 fully saturated rings. The first kappa shape index (κ1) is 20.0. The first-order valence-electron chi connectivity index (χ1n) is 10.7. The molecule has 0 radical (unpaired) electrons. The Morgan fingerprint density at radius 2 is 2.10 bits per heavy atom. The fraction of sp³-hybridized carbons (Fsp3) is 0.522. The summed E-state index contributed by atoms with van der Waals surface area (Å²) in [6.07, 6.45) is 10.6. The second-order valence-corrected chi connectivity index (χ2v) is 8.11. The van der Waals surface area contributed by atoms with E-state index in [1.165, 1.54) is 13.0 Å². The Hall–Kier alpha value is -2.31. The van der Waals surface area contributed by atoms with E-state index in [0.29, 0.717) is 24.1 Å². The molecule has 1 atom stereocenters. The molecule has 1 unspecified atom stereocenters. The second-order valence-electron chi connectivity index (χ2n) is 8.11. The molecule has 2 aliphatic heterocycles. The monoisotopic (exact) mass is 394 g/mol. The van der Waals surface area contributed by atoms with E-state index in [2.05, 4.69) is 20.2 Å². The number of hydrogen-bond acceptors (Lipinski definition) is 5. The number of amides is 1. The van der Waals surface area contributed by atoms with Crippen molar-refractivity contribution in [2.45, 2.75) is 38.1 Å². The number of aromatic nitrogens is 2. The largest absolute Gasteiger partial charge is 0.381 e. The normalized spacial score (nSPS) is 20.6. The average Bonchev–Trinajstić information content (AvgIpc) is 3.24. The van der Waals surface area contributed by atoms with Crippen molar-refractivity contribution in [1.82, 2.24) is 20.2 Å². The fourth-order valence-electron chi connectivity index (χ4n) is 4.42. The standard InChI is InChI=1S/C23H30N4O2/c28-23(26-9-4-21-3-1-2-8-25-21)20-14-19(15-24-16-20)13-18-5-10-27(17-18)22-6-11-29-12-7-22/h1-3,8,14-16,18,22H,4-7,9-13,17H2,(H,26,28). The molecule has 154 valence electrons. The molecular formula is C23H30N4O2. The maximum Gasteiger partial charge on any atom is 0.252 e. The molecule has 2 aromatic rings. The van der Waals surface area contributed by atoms with Crippen LogP contribution in [-0.4, -0.2) is 59.7 Å². The van der Waals surface area contributed by atoms with Crippen LogP contribution >= 0.6 is 0 Å². The lowest BCUT2D eigenvalue weighted by molar-refractivity contribution is 0.0411. The molecular weight excluding hydrogens is 364 g/mol. The molecule has 2 saturated heterocycles. The van der Waals surface area contributed by atoms with Crippen LogP contribution in [0.5, 0.6) is 0 Å². The molecule has 0 aliphatic carbocycles. The Kier molecular flexibility index (Phi) is 6.85. The van der Waals surface area contributed by atoms with Gasteiger partial charge in [-0.05, 0) is 61.9 Å². The van der Waals surface area contributed by atoms with Crippen LogP contribution in [0.15, 0.2) is 42.9 Å². The van der Waals surface area contributed by atoms with Gasteiger partial charge in [-0.1, -0.05) is 6.07 Å². The van der Waals surface area contributed by atoms with Gasteiger partial charge < -0.3 is 10.1 Å². The Bertz CT molecular complexity index is 792. The summed E-state index contributed by atoms with van der Waals surface area (Å²) in [5.41, 5.74) is 2.78. The van der Waals surface area contributed by atoms with Crippen molar-refractivity contribution in [3.63, 3.8) is 0 Å². The highest BCUT2D eigenvalue weighted by Gasteiger charge is 2.29. The van der Waals surface area contributed by atoms with Crippen molar-refractivity contribution in [3.05, 3.63) is 59.7 Å². The molecule has 2 aromatic heterocycles. The number of rotatable bonds is 7. The van der Waals surface area contributed by atoms with Crippen molar-refractivity contribution in [2.24, 2.45) is 5.92 Å². The Labute approximate surface area is 172 Å². The molecule has 4 heterocycles. The molecule has 1 amide bonds. The zero-order chi connectivity index (χ0) is 19.9. The van der Waals surface area contributed by atoms with Crippen molar-refractivity contribution >= 4 is 5.91 Å². The van der Waals surface area contributed by atoms with Crippen LogP contribution in [0.1, 0.15) is 40.9 Å². The Balaban J connectivity index is 1.26. The fourth-order valence-corrected chi connectivity index (χ4v) is 4.42. The molecule has 6 heteroatoms. The van der Waals surface area contributed by atoms with E-state index in [-0.39, 0.29) is 5.91 Å². The van der Waals surface area contributed by atoms with Gasteiger partial charge in [0.2, 0.25) is 0 Å². The number of pyridine rings is 2. The smallest absolute Gasteiger partial charge is 0.252 e. The molecule has 4 rings (SSSR count). The average molecular weight is 395 g/mol. The SMILES string of the molecule is O=C(NCCc1ccccn1)c1cncc(CC2CCN(C3CCOCC3)C2)c1. The molecule has 29 heavy (non-hydrogen) atoms. The van der Waals surface area contributed by atoms with Gasteiger partial charge >= 0.3 is 0 Å². The maximum atomic E-state index is 12.5. The molecule has 6 nitrogen and oxygen atoms in total. The number of ether oxygens (including phenoxy) is 1. The van der Waals surface area contributed by atoms with Gasteiger partial charge in [0.25, 0.3) is 5.91 Å². The minimum absolute atomic E-state index is 0.0643. The minimum atomic E-state index is -0.0643. The first-order valence-corrected chi connectivity index (χ1v) is 10.7. The minimum Gasteiger partial charge on any atom is -0.381 e. The van der Waals surface area contributed by atoms with Gasteiger partial charge in [0.1, 0.15) is 0 Å². The molecule has 0 saturated carbocycles. The molecule has 0 spiro atoms. The highest BCUT2D eigenvalue weighted by Crippen LogP contribution is 2.26. The maximum absolute atomic E-state index is 12.5. The molecule has 0 aromatic carbocycles. The summed E-state index contributed by atoms with van der Waals surface area (Å²) >= 11 is 0. The van der Waals surface area contributed by atoms with Crippen LogP contribution in [0.3, 0.4) is 0 Å². The number of nitrogens with zero attached hydrogens (tertiary/aromatic N) is 3. The summed E-state index contributed by atoms with van der Waals surface area (Å²) in [7, 11) is 0. The summed E-state index contributed by atoms with van der Waals surface area (Å²) in [5.74, 6) is 0.577. The van der Waals surface area contributed by atoms with Gasteiger partial charge in [-0.3, -0.25) is 19.7 Å². The van der Waals surface area contributed by atoms with Crippen LogP contribution in [0.2, 0.25) is 0 Å². The van der Waals surface area contributed by atoms with Gasteiger partial charge in [-0.15, -0.1) is 0 Å². The number of carbonyl (C=O) groups excluding carboxylic acids is 1. The Morgan fingerprint density at radius 3 is 2.93 bits per heavy atom. The van der Waals surface area contributed by atoms with E-state index in [0.717, 1.165) is 56.7 Å². The van der Waals surface area contributed by atoms with Gasteiger partial charge in [-0.2, -0.15) is 0 Å². The van der Waals surface area contributed by atoms with Crippen LogP contribution in [0.25, 0.3) is 0 Å². The van der Waals surface area contributed by atoms with Gasteiger partial charge in [0.05, 0.1) is 5.56 Å². The number of hydrogen-bond donors (Lipinski definition) is 1. The van der Waals surface area contributed by atoms with E-state index in [4.69, 9.17) is 4.74 Å². The van der Waals surface area contributed by atoms with Crippen LogP contribution in [0, 0.1) is 5.92 Å². The quantitative estimate of drug-likeness (QED) is 0.782. The molecule has 1 N–H and O–H groups in total. The number of likely N-dealkylation sites (tertiary alicyclic amines) is 1. The molecule has 0 bridgehead atoms. The zero-order valence-electron chi connectivity index (χ0n) is 16.9. The van der Waals surface area contributed by atoms with Gasteiger partial charge in [0.15, 0.2) is 0 Å². The summed E-state index contributed by atoms with van der Waals surface area (Å²) in [6.45, 7) is 4.69. The van der Waals surface area contributed by atoms with Crippen LogP contribution in [0.4, 0.5) is 0 Å². The topological polar surface area (TPSA) is 67.4 Å². The predicted molar refractivity (Wildman–Crippen MR) is 112 cm³/mol. The van der Waals surface area contributed by atoms with Crippen molar-refractivity contribution in [3.8, 4) is 0 Å². The van der Waals surface area contributed by atoms with E-state index < -0.39 is 0 Å². The van der Waals surface area contributed by atoms with E-state index in [1.807, 2.05) is 30.5 Å². The van der Waals surface area contributed by atoms with Crippen molar-refractivity contribution in [1.29, 1.82) is 0 Å². The van der Waals surface area contributed by atoms with Crippen molar-refractivity contribution < 1.29 is 9.53 Å². The highest BCUT2D eigenvalue weighted by atomic mass is 16.5. The van der Waals surface area contributed by atoms with Crippen LogP contribution < -0.4 is 5.32 Å². The number of nitrogens with one attached hydrogen (secondary N) is 1. The van der Waals surface area contributed by atoms with Gasteiger partial charge in [0, 0.05) is 63.1 Å². The lowest BCUT2D eigenvalue weighted by atomic mass is 9.99. The number of carbonyl (C=O) groups is 1. The highest BCUT2D eigenvalue weighted by molar-refractivity contribution is 5.94. The molecule has 2 aliphatic rings.